The Labute approximate surface area is 203 Å². The summed E-state index contributed by atoms with van der Waals surface area (Å²) in [6.45, 7) is 0.961. The Morgan fingerprint density at radius 2 is 2.03 bits per heavy atom. The van der Waals surface area contributed by atoms with Crippen LogP contribution < -0.4 is 10.1 Å². The number of hydrogen-bond acceptors (Lipinski definition) is 4. The summed E-state index contributed by atoms with van der Waals surface area (Å²) in [7, 11) is 0. The van der Waals surface area contributed by atoms with Crippen LogP contribution in [0.4, 0.5) is 18.9 Å². The fourth-order valence-electron chi connectivity index (χ4n) is 3.97. The number of halogens is 4. The third-order valence-corrected chi connectivity index (χ3v) is 5.94. The lowest BCUT2D eigenvalue weighted by atomic mass is 10.1. The number of rotatable bonds is 7. The van der Waals surface area contributed by atoms with Crippen molar-refractivity contribution in [2.75, 3.05) is 12.0 Å². The minimum atomic E-state index is -1.23. The van der Waals surface area contributed by atoms with Gasteiger partial charge in [-0.1, -0.05) is 17.7 Å². The first-order valence-corrected chi connectivity index (χ1v) is 11.2. The zero-order valence-electron chi connectivity index (χ0n) is 18.6. The third-order valence-electron chi connectivity index (χ3n) is 5.62. The summed E-state index contributed by atoms with van der Waals surface area (Å²) >= 11 is 5.97. The maximum absolute atomic E-state index is 15.4. The van der Waals surface area contributed by atoms with Crippen LogP contribution in [0.1, 0.15) is 46.3 Å². The van der Waals surface area contributed by atoms with Gasteiger partial charge in [-0.25, -0.2) is 22.9 Å². The van der Waals surface area contributed by atoms with E-state index in [2.05, 4.69) is 10.3 Å². The molecule has 11 heteroatoms. The first-order valence-electron chi connectivity index (χ1n) is 10.9. The van der Waals surface area contributed by atoms with E-state index in [1.54, 1.807) is 4.57 Å². The number of aromatic carboxylic acids is 1. The average Bonchev–Trinajstić information content (AvgIpc) is 3.22. The number of nitrogens with one attached hydrogen (secondary N) is 1. The standard InChI is InChI=1S/C24H21ClF3N3O4/c1-12(11-26)35-19-10-13(22-29-21(24(33)34)18-7-2-3-8-31(18)22)17(28)9-14(19)23(32)30-20-15(25)5-4-6-16(20)27/h4-6,9-10,12H,2-3,7-8,11H2,1H3,(H,30,32)(H,33,34). The number of aromatic nitrogens is 2. The van der Waals surface area contributed by atoms with E-state index in [0.29, 0.717) is 18.7 Å². The number of fused-ring (bicyclic) bond motifs is 1. The first kappa shape index (κ1) is 24.6. The van der Waals surface area contributed by atoms with Crippen molar-refractivity contribution in [1.29, 1.82) is 0 Å². The molecule has 0 saturated heterocycles. The number of nitrogens with zero attached hydrogens (tertiary/aromatic N) is 2. The number of ether oxygens (including phenoxy) is 1. The zero-order valence-corrected chi connectivity index (χ0v) is 19.3. The molecule has 7 nitrogen and oxygen atoms in total. The van der Waals surface area contributed by atoms with Gasteiger partial charge in [0.2, 0.25) is 0 Å². The SMILES string of the molecule is CC(CF)Oc1cc(-c2nc(C(=O)O)c3n2CCCC3)c(F)cc1C(=O)Nc1c(F)cccc1Cl. The highest BCUT2D eigenvalue weighted by atomic mass is 35.5. The molecule has 1 amide bonds. The van der Waals surface area contributed by atoms with E-state index in [0.717, 1.165) is 25.0 Å². The monoisotopic (exact) mass is 507 g/mol. The zero-order chi connectivity index (χ0) is 25.3. The number of carboxylic acid groups (broad SMARTS) is 1. The van der Waals surface area contributed by atoms with Gasteiger partial charge in [0.25, 0.3) is 5.91 Å². The summed E-state index contributed by atoms with van der Waals surface area (Å²) in [6.07, 6.45) is 1.01. The molecule has 0 radical (unpaired) electrons. The number of benzene rings is 2. The number of anilines is 1. The van der Waals surface area contributed by atoms with E-state index in [-0.39, 0.29) is 39.1 Å². The number of carbonyl (C=O) groups excluding carboxylic acids is 1. The van der Waals surface area contributed by atoms with Gasteiger partial charge in [-0.15, -0.1) is 0 Å². The van der Waals surface area contributed by atoms with Gasteiger partial charge in [0.15, 0.2) is 5.69 Å². The van der Waals surface area contributed by atoms with Crippen molar-refractivity contribution < 1.29 is 32.6 Å². The third kappa shape index (κ3) is 4.84. The van der Waals surface area contributed by atoms with E-state index < -0.39 is 36.3 Å². The Kier molecular flexibility index (Phi) is 7.02. The highest BCUT2D eigenvalue weighted by molar-refractivity contribution is 6.34. The van der Waals surface area contributed by atoms with Gasteiger partial charge in [0, 0.05) is 6.54 Å². The molecule has 1 aliphatic heterocycles. The number of imidazole rings is 1. The Morgan fingerprint density at radius 3 is 2.71 bits per heavy atom. The predicted octanol–water partition coefficient (Wildman–Crippen LogP) is 5.51. The minimum absolute atomic E-state index is 0.0662. The molecule has 4 rings (SSSR count). The van der Waals surface area contributed by atoms with Crippen molar-refractivity contribution in [1.82, 2.24) is 9.55 Å². The maximum atomic E-state index is 15.4. The molecule has 2 heterocycles. The topological polar surface area (TPSA) is 93.4 Å². The molecule has 184 valence electrons. The molecule has 0 bridgehead atoms. The normalized spacial score (nSPS) is 13.7. The van der Waals surface area contributed by atoms with Crippen molar-refractivity contribution in [3.05, 3.63) is 63.9 Å². The van der Waals surface area contributed by atoms with Crippen molar-refractivity contribution in [3.63, 3.8) is 0 Å². The van der Waals surface area contributed by atoms with Gasteiger partial charge >= 0.3 is 5.97 Å². The Bertz CT molecular complexity index is 1290. The highest BCUT2D eigenvalue weighted by Gasteiger charge is 2.28. The summed E-state index contributed by atoms with van der Waals surface area (Å²) in [5.74, 6) is -3.96. The molecule has 1 aromatic heterocycles. The van der Waals surface area contributed by atoms with Crippen LogP contribution in [0.2, 0.25) is 5.02 Å². The summed E-state index contributed by atoms with van der Waals surface area (Å²) in [4.78, 5) is 28.8. The van der Waals surface area contributed by atoms with Crippen molar-refractivity contribution in [2.45, 2.75) is 38.8 Å². The fourth-order valence-corrected chi connectivity index (χ4v) is 4.18. The van der Waals surface area contributed by atoms with Crippen LogP contribution in [0.3, 0.4) is 0 Å². The number of alkyl halides is 1. The van der Waals surface area contributed by atoms with Crippen molar-refractivity contribution >= 4 is 29.2 Å². The number of hydrogen-bond donors (Lipinski definition) is 2. The van der Waals surface area contributed by atoms with Gasteiger partial charge in [-0.2, -0.15) is 0 Å². The molecule has 1 unspecified atom stereocenters. The molecule has 3 aromatic rings. The Hall–Kier alpha value is -3.53. The number of carbonyl (C=O) groups is 2. The molecule has 1 aliphatic rings. The second-order valence-electron chi connectivity index (χ2n) is 8.11. The lowest BCUT2D eigenvalue weighted by Crippen LogP contribution is -2.20. The summed E-state index contributed by atoms with van der Waals surface area (Å²) in [6, 6.07) is 5.86. The second-order valence-corrected chi connectivity index (χ2v) is 8.51. The largest absolute Gasteiger partial charge is 0.487 e. The van der Waals surface area contributed by atoms with E-state index in [1.807, 2.05) is 0 Å². The van der Waals surface area contributed by atoms with Gasteiger partial charge < -0.3 is 19.7 Å². The molecular formula is C24H21ClF3N3O4. The van der Waals surface area contributed by atoms with E-state index in [9.17, 15) is 23.5 Å². The minimum Gasteiger partial charge on any atom is -0.487 e. The lowest BCUT2D eigenvalue weighted by Gasteiger charge is -2.19. The Balaban J connectivity index is 1.82. The summed E-state index contributed by atoms with van der Waals surface area (Å²) in [5, 5.41) is 11.8. The van der Waals surface area contributed by atoms with Crippen LogP contribution in [0.25, 0.3) is 11.4 Å². The van der Waals surface area contributed by atoms with E-state index in [1.165, 1.54) is 25.1 Å². The van der Waals surface area contributed by atoms with Gasteiger partial charge in [-0.05, 0) is 50.5 Å². The van der Waals surface area contributed by atoms with E-state index in [4.69, 9.17) is 16.3 Å². The number of para-hydroxylation sites is 1. The van der Waals surface area contributed by atoms with Crippen molar-refractivity contribution in [2.24, 2.45) is 0 Å². The molecule has 2 aromatic carbocycles. The van der Waals surface area contributed by atoms with Gasteiger partial charge in [0.05, 0.1) is 27.5 Å². The molecule has 0 spiro atoms. The van der Waals surface area contributed by atoms with E-state index >= 15 is 4.39 Å². The quantitative estimate of drug-likeness (QED) is 0.440. The molecule has 1 atom stereocenters. The second kappa shape index (κ2) is 9.99. The van der Waals surface area contributed by atoms with Crippen LogP contribution in [-0.4, -0.2) is 39.3 Å². The first-order chi connectivity index (χ1) is 16.7. The van der Waals surface area contributed by atoms with Crippen molar-refractivity contribution in [3.8, 4) is 17.1 Å². The number of carboxylic acids is 1. The fraction of sp³-hybridized carbons (Fsp3) is 0.292. The molecule has 2 N–H and O–H groups in total. The number of amides is 1. The van der Waals surface area contributed by atoms with Crippen LogP contribution in [0.15, 0.2) is 30.3 Å². The molecule has 0 aliphatic carbocycles. The lowest BCUT2D eigenvalue weighted by molar-refractivity contribution is 0.0689. The smallest absolute Gasteiger partial charge is 0.356 e. The van der Waals surface area contributed by atoms with Crippen LogP contribution in [0, 0.1) is 11.6 Å². The average molecular weight is 508 g/mol. The molecule has 35 heavy (non-hydrogen) atoms. The highest BCUT2D eigenvalue weighted by Crippen LogP contribution is 2.35. The summed E-state index contributed by atoms with van der Waals surface area (Å²) in [5.41, 5.74) is -0.429. The van der Waals surface area contributed by atoms with Crippen LogP contribution in [-0.2, 0) is 13.0 Å². The van der Waals surface area contributed by atoms with Crippen LogP contribution >= 0.6 is 11.6 Å². The maximum Gasteiger partial charge on any atom is 0.356 e. The molecule has 0 saturated carbocycles. The molecular weight excluding hydrogens is 487 g/mol. The van der Waals surface area contributed by atoms with Gasteiger partial charge in [-0.3, -0.25) is 4.79 Å². The Morgan fingerprint density at radius 1 is 1.26 bits per heavy atom. The predicted molar refractivity (Wildman–Crippen MR) is 123 cm³/mol. The molecule has 0 fully saturated rings. The van der Waals surface area contributed by atoms with Crippen LogP contribution in [0.5, 0.6) is 5.75 Å². The summed E-state index contributed by atoms with van der Waals surface area (Å²) < 4.78 is 49.9. The van der Waals surface area contributed by atoms with Gasteiger partial charge in [0.1, 0.15) is 36.0 Å².